The molecule has 0 aliphatic rings. The molecular weight excluding hydrogens is 552 g/mol. The van der Waals surface area contributed by atoms with Gasteiger partial charge >= 0.3 is 12.1 Å². The second-order valence-corrected chi connectivity index (χ2v) is 11.3. The van der Waals surface area contributed by atoms with Crippen molar-refractivity contribution < 1.29 is 33.4 Å². The SMILES string of the molecule is CCCC[C@H](NC(=O)OC(C)(C)C)C(=O)N(C)[C@@H](CC(=O)OCc1ccccc1)C(=O)N[C@@H](Cc1ccccc1)C(N)=O. The van der Waals surface area contributed by atoms with E-state index in [-0.39, 0.29) is 19.4 Å². The number of likely N-dealkylation sites (N-methyl/N-ethyl adjacent to an activating group) is 1. The fraction of sp³-hybridized carbons (Fsp3) is 0.469. The van der Waals surface area contributed by atoms with Crippen molar-refractivity contribution in [1.82, 2.24) is 15.5 Å². The summed E-state index contributed by atoms with van der Waals surface area (Å²) in [4.78, 5) is 66.2. The lowest BCUT2D eigenvalue weighted by molar-refractivity contribution is -0.151. The molecule has 0 aliphatic heterocycles. The van der Waals surface area contributed by atoms with Crippen LogP contribution in [-0.4, -0.2) is 65.5 Å². The minimum atomic E-state index is -1.36. The molecular formula is C32H44N4O7. The number of unbranched alkanes of at least 4 members (excludes halogenated alkanes) is 1. The number of carbonyl (C=O) groups is 5. The van der Waals surface area contributed by atoms with Crippen molar-refractivity contribution in [3.05, 3.63) is 71.8 Å². The van der Waals surface area contributed by atoms with Crippen LogP contribution in [0.2, 0.25) is 0 Å². The molecule has 43 heavy (non-hydrogen) atoms. The highest BCUT2D eigenvalue weighted by molar-refractivity contribution is 5.95. The number of nitrogens with two attached hydrogens (primary N) is 1. The third-order valence-corrected chi connectivity index (χ3v) is 6.50. The highest BCUT2D eigenvalue weighted by Crippen LogP contribution is 2.14. The summed E-state index contributed by atoms with van der Waals surface area (Å²) in [6, 6.07) is 14.5. The molecule has 11 nitrogen and oxygen atoms in total. The van der Waals surface area contributed by atoms with E-state index in [2.05, 4.69) is 10.6 Å². The first kappa shape index (κ1) is 34.8. The maximum atomic E-state index is 13.7. The highest BCUT2D eigenvalue weighted by atomic mass is 16.6. The molecule has 3 atom stereocenters. The molecule has 0 radical (unpaired) electrons. The molecule has 11 heteroatoms. The Balaban J connectivity index is 2.29. The monoisotopic (exact) mass is 596 g/mol. The highest BCUT2D eigenvalue weighted by Gasteiger charge is 2.36. The number of hydrogen-bond donors (Lipinski definition) is 3. The molecule has 0 aliphatic carbocycles. The fourth-order valence-corrected chi connectivity index (χ4v) is 4.22. The summed E-state index contributed by atoms with van der Waals surface area (Å²) in [5.41, 5.74) is 6.32. The van der Waals surface area contributed by atoms with Crippen LogP contribution in [0.3, 0.4) is 0 Å². The van der Waals surface area contributed by atoms with E-state index in [4.69, 9.17) is 15.2 Å². The average molecular weight is 597 g/mol. The lowest BCUT2D eigenvalue weighted by Crippen LogP contribution is -2.57. The molecule has 0 saturated heterocycles. The predicted octanol–water partition coefficient (Wildman–Crippen LogP) is 3.24. The number of alkyl carbamates (subject to hydrolysis) is 1. The molecule has 2 aromatic rings. The van der Waals surface area contributed by atoms with E-state index in [1.54, 1.807) is 69.3 Å². The Kier molecular flexibility index (Phi) is 13.7. The van der Waals surface area contributed by atoms with Crippen LogP contribution in [0.25, 0.3) is 0 Å². The van der Waals surface area contributed by atoms with Crippen LogP contribution in [-0.2, 0) is 41.7 Å². The number of nitrogens with one attached hydrogen (secondary N) is 2. The molecule has 2 rings (SSSR count). The summed E-state index contributed by atoms with van der Waals surface area (Å²) in [6.07, 6.45) is 0.476. The molecule has 4 amide bonds. The molecule has 0 unspecified atom stereocenters. The summed E-state index contributed by atoms with van der Waals surface area (Å²) in [5, 5.41) is 5.21. The number of esters is 1. The number of primary amides is 1. The smallest absolute Gasteiger partial charge is 0.408 e. The van der Waals surface area contributed by atoms with Crippen LogP contribution in [0.5, 0.6) is 0 Å². The quantitative estimate of drug-likeness (QED) is 0.266. The third-order valence-electron chi connectivity index (χ3n) is 6.50. The Morgan fingerprint density at radius 2 is 1.47 bits per heavy atom. The third kappa shape index (κ3) is 12.6. The van der Waals surface area contributed by atoms with Gasteiger partial charge in [-0.15, -0.1) is 0 Å². The average Bonchev–Trinajstić information content (AvgIpc) is 2.95. The molecule has 0 heterocycles. The molecule has 0 bridgehead atoms. The summed E-state index contributed by atoms with van der Waals surface area (Å²) >= 11 is 0. The molecule has 0 fully saturated rings. The first-order valence-electron chi connectivity index (χ1n) is 14.4. The van der Waals surface area contributed by atoms with Crippen molar-refractivity contribution in [1.29, 1.82) is 0 Å². The van der Waals surface area contributed by atoms with E-state index in [1.807, 2.05) is 19.1 Å². The summed E-state index contributed by atoms with van der Waals surface area (Å²) in [5.74, 6) is -2.87. The number of rotatable bonds is 15. The van der Waals surface area contributed by atoms with Gasteiger partial charge in [0, 0.05) is 13.5 Å². The zero-order chi connectivity index (χ0) is 32.0. The fourth-order valence-electron chi connectivity index (χ4n) is 4.22. The summed E-state index contributed by atoms with van der Waals surface area (Å²) < 4.78 is 10.7. The summed E-state index contributed by atoms with van der Waals surface area (Å²) in [6.45, 7) is 7.02. The maximum absolute atomic E-state index is 13.7. The molecule has 0 spiro atoms. The number of carbonyl (C=O) groups excluding carboxylic acids is 5. The number of benzene rings is 2. The van der Waals surface area contributed by atoms with E-state index in [9.17, 15) is 24.0 Å². The number of hydrogen-bond acceptors (Lipinski definition) is 7. The van der Waals surface area contributed by atoms with Gasteiger partial charge in [0.25, 0.3) is 0 Å². The van der Waals surface area contributed by atoms with E-state index in [0.717, 1.165) is 22.4 Å². The standard InChI is InChI=1S/C32H44N4O7/c1-6-7-18-24(35-31(41)43-32(2,3)4)30(40)36(5)26(20-27(37)42-21-23-16-12-9-13-17-23)29(39)34-25(28(33)38)19-22-14-10-8-11-15-22/h8-17,24-26H,6-7,18-21H2,1-5H3,(H2,33,38)(H,34,39)(H,35,41)/t24-,25-,26-/m0/s1. The normalized spacial score (nSPS) is 13.1. The molecule has 2 aromatic carbocycles. The van der Waals surface area contributed by atoms with Crippen LogP contribution in [0, 0.1) is 0 Å². The van der Waals surface area contributed by atoms with Crippen molar-refractivity contribution in [3.8, 4) is 0 Å². The lowest BCUT2D eigenvalue weighted by Gasteiger charge is -2.31. The molecule has 0 saturated carbocycles. The van der Waals surface area contributed by atoms with Crippen molar-refractivity contribution in [2.75, 3.05) is 7.05 Å². The van der Waals surface area contributed by atoms with E-state index in [1.165, 1.54) is 7.05 Å². The van der Waals surface area contributed by atoms with Gasteiger partial charge in [-0.3, -0.25) is 19.2 Å². The minimum absolute atomic E-state index is 0.0249. The second-order valence-electron chi connectivity index (χ2n) is 11.3. The van der Waals surface area contributed by atoms with Gasteiger partial charge in [-0.1, -0.05) is 80.4 Å². The zero-order valence-electron chi connectivity index (χ0n) is 25.6. The van der Waals surface area contributed by atoms with Crippen LogP contribution < -0.4 is 16.4 Å². The van der Waals surface area contributed by atoms with Gasteiger partial charge in [-0.05, 0) is 38.3 Å². The van der Waals surface area contributed by atoms with Gasteiger partial charge in [-0.25, -0.2) is 4.79 Å². The molecule has 234 valence electrons. The van der Waals surface area contributed by atoms with E-state index >= 15 is 0 Å². The Hall–Kier alpha value is -4.41. The van der Waals surface area contributed by atoms with Crippen LogP contribution in [0.1, 0.15) is 64.5 Å². The number of ether oxygens (including phenoxy) is 2. The van der Waals surface area contributed by atoms with Crippen molar-refractivity contribution in [2.45, 2.75) is 90.1 Å². The lowest BCUT2D eigenvalue weighted by atomic mass is 10.0. The predicted molar refractivity (Wildman–Crippen MR) is 161 cm³/mol. The molecule has 0 aromatic heterocycles. The van der Waals surface area contributed by atoms with Crippen LogP contribution >= 0.6 is 0 Å². The Bertz CT molecular complexity index is 1220. The van der Waals surface area contributed by atoms with Crippen LogP contribution in [0.4, 0.5) is 4.79 Å². The van der Waals surface area contributed by atoms with Gasteiger partial charge in [0.15, 0.2) is 0 Å². The first-order valence-corrected chi connectivity index (χ1v) is 14.4. The van der Waals surface area contributed by atoms with E-state index < -0.39 is 59.9 Å². The van der Waals surface area contributed by atoms with Crippen molar-refractivity contribution >= 4 is 29.8 Å². The number of nitrogens with zero attached hydrogens (tertiary/aromatic N) is 1. The van der Waals surface area contributed by atoms with Gasteiger partial charge < -0.3 is 30.7 Å². The maximum Gasteiger partial charge on any atom is 0.408 e. The minimum Gasteiger partial charge on any atom is -0.461 e. The Morgan fingerprint density at radius 3 is 2.00 bits per heavy atom. The zero-order valence-corrected chi connectivity index (χ0v) is 25.6. The first-order chi connectivity index (χ1) is 20.3. The van der Waals surface area contributed by atoms with Gasteiger partial charge in [0.2, 0.25) is 17.7 Å². The van der Waals surface area contributed by atoms with Crippen molar-refractivity contribution in [2.24, 2.45) is 5.73 Å². The largest absolute Gasteiger partial charge is 0.461 e. The number of amides is 4. The second kappa shape index (κ2) is 16.9. The van der Waals surface area contributed by atoms with Crippen LogP contribution in [0.15, 0.2) is 60.7 Å². The van der Waals surface area contributed by atoms with Crippen molar-refractivity contribution in [3.63, 3.8) is 0 Å². The van der Waals surface area contributed by atoms with E-state index in [0.29, 0.717) is 6.42 Å². The Labute approximate surface area is 253 Å². The van der Waals surface area contributed by atoms with Gasteiger partial charge in [-0.2, -0.15) is 0 Å². The summed E-state index contributed by atoms with van der Waals surface area (Å²) in [7, 11) is 1.36. The Morgan fingerprint density at radius 1 is 0.884 bits per heavy atom. The topological polar surface area (TPSA) is 157 Å². The van der Waals surface area contributed by atoms with Gasteiger partial charge in [0.1, 0.15) is 30.3 Å². The molecule has 4 N–H and O–H groups in total. The van der Waals surface area contributed by atoms with Gasteiger partial charge in [0.05, 0.1) is 6.42 Å².